The van der Waals surface area contributed by atoms with E-state index < -0.39 is 0 Å². The predicted molar refractivity (Wildman–Crippen MR) is 42.8 cm³/mol. The van der Waals surface area contributed by atoms with E-state index in [2.05, 4.69) is 27.3 Å². The molecule has 46 valence electrons. The maximum absolute atomic E-state index is 4.08. The highest BCUT2D eigenvalue weighted by molar-refractivity contribution is 9.09. The number of halogens is 1. The van der Waals surface area contributed by atoms with Gasteiger partial charge in [0.05, 0.1) is 0 Å². The van der Waals surface area contributed by atoms with Gasteiger partial charge in [-0.25, -0.2) is 4.40 Å². The predicted octanol–water partition coefficient (Wildman–Crippen LogP) is 2.12. The summed E-state index contributed by atoms with van der Waals surface area (Å²) in [6.07, 6.45) is 2.01. The lowest BCUT2D eigenvalue weighted by Crippen LogP contribution is -2.10. The highest BCUT2D eigenvalue weighted by Gasteiger charge is 2.18. The van der Waals surface area contributed by atoms with Crippen LogP contribution in [0.15, 0.2) is 4.40 Å². The molecule has 1 heterocycles. The Labute approximate surface area is 62.2 Å². The Morgan fingerprint density at radius 1 is 1.88 bits per heavy atom. The zero-order valence-corrected chi connectivity index (χ0v) is 7.08. The molecule has 0 bridgehead atoms. The smallest absolute Gasteiger partial charge is 0.0438 e. The van der Waals surface area contributed by atoms with Crippen LogP contribution in [0.4, 0.5) is 0 Å². The molecule has 0 radical (unpaired) electrons. The van der Waals surface area contributed by atoms with Gasteiger partial charge in [-0.3, -0.25) is 0 Å². The maximum Gasteiger partial charge on any atom is 0.0438 e. The first-order valence-electron chi connectivity index (χ1n) is 2.60. The van der Waals surface area contributed by atoms with Gasteiger partial charge >= 0.3 is 0 Å². The molecule has 0 saturated carbocycles. The van der Waals surface area contributed by atoms with Crippen LogP contribution >= 0.6 is 27.9 Å². The summed E-state index contributed by atoms with van der Waals surface area (Å²) in [5, 5.41) is 1.73. The van der Waals surface area contributed by atoms with Crippen molar-refractivity contribution >= 4 is 34.1 Å². The Morgan fingerprint density at radius 3 is 2.88 bits per heavy atom. The third kappa shape index (κ3) is 1.26. The molecule has 8 heavy (non-hydrogen) atoms. The van der Waals surface area contributed by atoms with Gasteiger partial charge in [-0.15, -0.1) is 0 Å². The van der Waals surface area contributed by atoms with Crippen molar-refractivity contribution in [3.63, 3.8) is 0 Å². The van der Waals surface area contributed by atoms with E-state index in [9.17, 15) is 0 Å². The Bertz CT molecular complexity index is 105. The number of hydrogen-bond acceptors (Lipinski definition) is 2. The van der Waals surface area contributed by atoms with Gasteiger partial charge in [0.1, 0.15) is 0 Å². The minimum Gasteiger partial charge on any atom is -0.228 e. The molecule has 0 fully saturated rings. The normalized spacial score (nSPS) is 36.2. The molecule has 0 aromatic rings. The standard InChI is InChI=1S/C5H8BrNS/c1-4-3-7-8-5(4)2-6/h3-5H,2H2,1H3. The minimum absolute atomic E-state index is 0.652. The average Bonchev–Trinajstić information content (AvgIpc) is 2.14. The lowest BCUT2D eigenvalue weighted by atomic mass is 10.1. The summed E-state index contributed by atoms with van der Waals surface area (Å²) in [6.45, 7) is 2.19. The third-order valence-electron chi connectivity index (χ3n) is 1.23. The zero-order valence-electron chi connectivity index (χ0n) is 4.67. The van der Waals surface area contributed by atoms with Crippen LogP contribution < -0.4 is 0 Å². The zero-order chi connectivity index (χ0) is 5.98. The molecule has 0 amide bonds. The molecular weight excluding hydrogens is 186 g/mol. The first-order valence-corrected chi connectivity index (χ1v) is 4.55. The van der Waals surface area contributed by atoms with Gasteiger partial charge < -0.3 is 0 Å². The lowest BCUT2D eigenvalue weighted by Gasteiger charge is -2.05. The summed E-state index contributed by atoms with van der Waals surface area (Å²) in [7, 11) is 0. The second-order valence-electron chi connectivity index (χ2n) is 1.91. The summed E-state index contributed by atoms with van der Waals surface area (Å²) >= 11 is 5.09. The molecular formula is C5H8BrNS. The molecule has 1 aliphatic rings. The fourth-order valence-electron chi connectivity index (χ4n) is 0.570. The van der Waals surface area contributed by atoms with Crippen LogP contribution in [0.3, 0.4) is 0 Å². The van der Waals surface area contributed by atoms with Crippen molar-refractivity contribution in [1.82, 2.24) is 0 Å². The van der Waals surface area contributed by atoms with E-state index in [-0.39, 0.29) is 0 Å². The Hall–Kier alpha value is 0.500. The van der Waals surface area contributed by atoms with Gasteiger partial charge in [0, 0.05) is 22.7 Å². The maximum atomic E-state index is 4.08. The Kier molecular flexibility index (Phi) is 2.38. The van der Waals surface area contributed by atoms with Gasteiger partial charge in [0.15, 0.2) is 0 Å². The summed E-state index contributed by atoms with van der Waals surface area (Å²) in [4.78, 5) is 0. The second-order valence-corrected chi connectivity index (χ2v) is 3.59. The van der Waals surface area contributed by atoms with Crippen LogP contribution in [0.2, 0.25) is 0 Å². The summed E-state index contributed by atoms with van der Waals surface area (Å²) in [5.41, 5.74) is 0. The largest absolute Gasteiger partial charge is 0.228 e. The minimum atomic E-state index is 0.652. The SMILES string of the molecule is CC1C=NSC1CBr. The summed E-state index contributed by atoms with van der Waals surface area (Å²) < 4.78 is 4.08. The molecule has 2 unspecified atom stereocenters. The summed E-state index contributed by atoms with van der Waals surface area (Å²) in [6, 6.07) is 0. The van der Waals surface area contributed by atoms with Crippen LogP contribution in [0, 0.1) is 5.92 Å². The van der Waals surface area contributed by atoms with E-state index in [0.717, 1.165) is 5.33 Å². The molecule has 1 nitrogen and oxygen atoms in total. The number of rotatable bonds is 1. The fourth-order valence-corrected chi connectivity index (χ4v) is 2.25. The molecule has 0 aliphatic carbocycles. The van der Waals surface area contributed by atoms with E-state index >= 15 is 0 Å². The second kappa shape index (κ2) is 2.87. The van der Waals surface area contributed by atoms with Crippen molar-refractivity contribution in [3.05, 3.63) is 0 Å². The van der Waals surface area contributed by atoms with Crippen LogP contribution in [0.5, 0.6) is 0 Å². The molecule has 1 aliphatic heterocycles. The fraction of sp³-hybridized carbons (Fsp3) is 0.800. The van der Waals surface area contributed by atoms with E-state index in [1.54, 1.807) is 11.9 Å². The number of hydrogen-bond donors (Lipinski definition) is 0. The van der Waals surface area contributed by atoms with Gasteiger partial charge in [-0.2, -0.15) is 0 Å². The van der Waals surface area contributed by atoms with Crippen LogP contribution in [-0.4, -0.2) is 16.8 Å². The molecule has 0 aromatic heterocycles. The molecule has 2 atom stereocenters. The third-order valence-corrected chi connectivity index (χ3v) is 3.47. The van der Waals surface area contributed by atoms with E-state index in [1.807, 2.05) is 6.21 Å². The topological polar surface area (TPSA) is 12.4 Å². The first-order chi connectivity index (χ1) is 3.84. The first kappa shape index (κ1) is 6.62. The molecule has 0 aromatic carbocycles. The molecule has 1 rings (SSSR count). The van der Waals surface area contributed by atoms with E-state index in [0.29, 0.717) is 11.2 Å². The van der Waals surface area contributed by atoms with E-state index in [1.165, 1.54) is 0 Å². The molecule has 0 spiro atoms. The molecule has 0 saturated heterocycles. The van der Waals surface area contributed by atoms with Crippen LogP contribution in [0.25, 0.3) is 0 Å². The Balaban J connectivity index is 2.38. The van der Waals surface area contributed by atoms with Crippen LogP contribution in [0.1, 0.15) is 6.92 Å². The monoisotopic (exact) mass is 193 g/mol. The van der Waals surface area contributed by atoms with Crippen molar-refractivity contribution in [2.45, 2.75) is 12.2 Å². The van der Waals surface area contributed by atoms with Gasteiger partial charge in [0.2, 0.25) is 0 Å². The van der Waals surface area contributed by atoms with Gasteiger partial charge in [-0.1, -0.05) is 22.9 Å². The Morgan fingerprint density at radius 2 is 2.62 bits per heavy atom. The average molecular weight is 194 g/mol. The van der Waals surface area contributed by atoms with Crippen molar-refractivity contribution in [1.29, 1.82) is 0 Å². The number of alkyl halides is 1. The van der Waals surface area contributed by atoms with Crippen molar-refractivity contribution in [3.8, 4) is 0 Å². The quantitative estimate of drug-likeness (QED) is 0.460. The number of nitrogens with zero attached hydrogens (tertiary/aromatic N) is 1. The highest BCUT2D eigenvalue weighted by atomic mass is 79.9. The van der Waals surface area contributed by atoms with Gasteiger partial charge in [-0.05, 0) is 11.9 Å². The van der Waals surface area contributed by atoms with Crippen LogP contribution in [-0.2, 0) is 0 Å². The van der Waals surface area contributed by atoms with Crippen molar-refractivity contribution in [2.24, 2.45) is 10.3 Å². The van der Waals surface area contributed by atoms with Crippen molar-refractivity contribution in [2.75, 3.05) is 5.33 Å². The van der Waals surface area contributed by atoms with E-state index in [4.69, 9.17) is 0 Å². The van der Waals surface area contributed by atoms with Gasteiger partial charge in [0.25, 0.3) is 0 Å². The molecule has 0 N–H and O–H groups in total. The molecule has 3 heteroatoms. The summed E-state index contributed by atoms with van der Waals surface area (Å²) in [5.74, 6) is 0.652. The lowest BCUT2D eigenvalue weighted by molar-refractivity contribution is 0.800. The van der Waals surface area contributed by atoms with Crippen molar-refractivity contribution < 1.29 is 0 Å². The highest BCUT2D eigenvalue weighted by Crippen LogP contribution is 2.26.